The number of nitrogens with two attached hydrogens (primary N) is 1. The molecule has 2 aromatic carbocycles. The van der Waals surface area contributed by atoms with Crippen LogP contribution in [0.5, 0.6) is 0 Å². The maximum absolute atomic E-state index is 13.1. The van der Waals surface area contributed by atoms with Crippen molar-refractivity contribution in [1.82, 2.24) is 0 Å². The van der Waals surface area contributed by atoms with Crippen molar-refractivity contribution in [3.05, 3.63) is 83.4 Å². The second kappa shape index (κ2) is 5.87. The first-order valence-electron chi connectivity index (χ1n) is 6.46. The molecule has 1 amide bonds. The van der Waals surface area contributed by atoms with E-state index in [9.17, 15) is 13.6 Å². The van der Waals surface area contributed by atoms with E-state index in [1.54, 1.807) is 19.1 Å². The smallest absolute Gasteiger partial charge is 0.236 e. The molecule has 21 heavy (non-hydrogen) atoms. The summed E-state index contributed by atoms with van der Waals surface area (Å²) in [7, 11) is 0. The van der Waals surface area contributed by atoms with E-state index in [1.165, 1.54) is 48.5 Å². The third-order valence-electron chi connectivity index (χ3n) is 3.40. The maximum atomic E-state index is 13.1. The average Bonchev–Trinajstić information content (AvgIpc) is 2.46. The first-order chi connectivity index (χ1) is 10.0. The number of benzene rings is 2. The van der Waals surface area contributed by atoms with Crippen LogP contribution in [0, 0.1) is 11.6 Å². The van der Waals surface area contributed by atoms with Gasteiger partial charge in [-0.3, -0.25) is 4.79 Å². The number of rotatable bonds is 4. The van der Waals surface area contributed by atoms with Gasteiger partial charge in [-0.2, -0.15) is 0 Å². The number of allylic oxidation sites excluding steroid dienone is 1. The van der Waals surface area contributed by atoms with Crippen molar-refractivity contribution in [2.75, 3.05) is 0 Å². The number of amides is 1. The Labute approximate surface area is 121 Å². The number of hydrogen-bond donors (Lipinski definition) is 1. The SMILES string of the molecule is C/C=C/C(C(N)=O)(c1ccc(F)cc1)c1ccc(F)cc1. The van der Waals surface area contributed by atoms with Crippen molar-refractivity contribution in [3.8, 4) is 0 Å². The normalized spacial score (nSPS) is 11.8. The Morgan fingerprint density at radius 2 is 1.33 bits per heavy atom. The predicted molar refractivity (Wildman–Crippen MR) is 77.6 cm³/mol. The van der Waals surface area contributed by atoms with Crippen LogP contribution >= 0.6 is 0 Å². The Morgan fingerprint density at radius 3 is 1.62 bits per heavy atom. The number of carbonyl (C=O) groups is 1. The standard InChI is InChI=1S/C17H15F2NO/c1-2-11-17(16(20)21,12-3-7-14(18)8-4-12)13-5-9-15(19)10-6-13/h2-11H,1H3,(H2,20,21)/b11-2+. The fourth-order valence-electron chi connectivity index (χ4n) is 2.40. The quantitative estimate of drug-likeness (QED) is 0.861. The molecule has 0 bridgehead atoms. The molecule has 2 aromatic rings. The highest BCUT2D eigenvalue weighted by Gasteiger charge is 2.37. The summed E-state index contributed by atoms with van der Waals surface area (Å²) in [6.45, 7) is 1.75. The molecule has 4 heteroatoms. The highest BCUT2D eigenvalue weighted by Crippen LogP contribution is 2.34. The van der Waals surface area contributed by atoms with Gasteiger partial charge in [0, 0.05) is 0 Å². The molecule has 0 radical (unpaired) electrons. The molecule has 2 rings (SSSR count). The Morgan fingerprint density at radius 1 is 0.952 bits per heavy atom. The van der Waals surface area contributed by atoms with Gasteiger partial charge in [0.15, 0.2) is 0 Å². The minimum Gasteiger partial charge on any atom is -0.368 e. The highest BCUT2D eigenvalue weighted by molar-refractivity contribution is 5.93. The molecule has 108 valence electrons. The molecule has 0 spiro atoms. The number of hydrogen-bond acceptors (Lipinski definition) is 1. The van der Waals surface area contributed by atoms with Crippen LogP contribution in [0.25, 0.3) is 0 Å². The molecule has 2 nitrogen and oxygen atoms in total. The number of carbonyl (C=O) groups excluding carboxylic acids is 1. The van der Waals surface area contributed by atoms with E-state index in [0.717, 1.165) is 0 Å². The third-order valence-corrected chi connectivity index (χ3v) is 3.40. The summed E-state index contributed by atoms with van der Waals surface area (Å²) in [5.41, 5.74) is 5.42. The van der Waals surface area contributed by atoms with Crippen molar-refractivity contribution in [1.29, 1.82) is 0 Å². The van der Waals surface area contributed by atoms with Crippen molar-refractivity contribution >= 4 is 5.91 Å². The summed E-state index contributed by atoms with van der Waals surface area (Å²) >= 11 is 0. The summed E-state index contributed by atoms with van der Waals surface area (Å²) in [6.07, 6.45) is 3.33. The fraction of sp³-hybridized carbons (Fsp3) is 0.118. The second-order valence-corrected chi connectivity index (χ2v) is 4.69. The zero-order valence-corrected chi connectivity index (χ0v) is 11.5. The molecule has 0 aliphatic rings. The predicted octanol–water partition coefficient (Wildman–Crippen LogP) is 3.31. The Kier molecular flexibility index (Phi) is 4.17. The molecule has 0 heterocycles. The lowest BCUT2D eigenvalue weighted by Crippen LogP contribution is -2.40. The van der Waals surface area contributed by atoms with Crippen LogP contribution in [0.2, 0.25) is 0 Å². The van der Waals surface area contributed by atoms with Gasteiger partial charge in [-0.05, 0) is 42.3 Å². The molecule has 0 saturated heterocycles. The Hall–Kier alpha value is -2.49. The fourth-order valence-corrected chi connectivity index (χ4v) is 2.40. The minimum atomic E-state index is -1.25. The van der Waals surface area contributed by atoms with E-state index >= 15 is 0 Å². The van der Waals surface area contributed by atoms with Gasteiger partial charge < -0.3 is 5.73 Å². The van der Waals surface area contributed by atoms with Gasteiger partial charge in [-0.25, -0.2) is 8.78 Å². The molecule has 0 unspecified atom stereocenters. The molecular formula is C17H15F2NO. The third kappa shape index (κ3) is 2.70. The topological polar surface area (TPSA) is 43.1 Å². The largest absolute Gasteiger partial charge is 0.368 e. The lowest BCUT2D eigenvalue weighted by molar-refractivity contribution is -0.120. The Balaban J connectivity index is 2.71. The summed E-state index contributed by atoms with van der Waals surface area (Å²) < 4.78 is 26.3. The van der Waals surface area contributed by atoms with Gasteiger partial charge in [-0.1, -0.05) is 36.4 Å². The molecule has 0 aromatic heterocycles. The summed E-state index contributed by atoms with van der Waals surface area (Å²) in [5, 5.41) is 0. The number of primary amides is 1. The van der Waals surface area contributed by atoms with E-state index in [4.69, 9.17) is 5.73 Å². The van der Waals surface area contributed by atoms with Gasteiger partial charge >= 0.3 is 0 Å². The average molecular weight is 287 g/mol. The first-order valence-corrected chi connectivity index (χ1v) is 6.46. The van der Waals surface area contributed by atoms with E-state index in [0.29, 0.717) is 11.1 Å². The van der Waals surface area contributed by atoms with E-state index in [-0.39, 0.29) is 0 Å². The molecule has 0 saturated carbocycles. The molecule has 0 aliphatic carbocycles. The number of halogens is 2. The van der Waals surface area contributed by atoms with Crippen LogP contribution < -0.4 is 5.73 Å². The van der Waals surface area contributed by atoms with Crippen molar-refractivity contribution in [2.45, 2.75) is 12.3 Å². The van der Waals surface area contributed by atoms with Crippen LogP contribution in [0.3, 0.4) is 0 Å². The zero-order valence-electron chi connectivity index (χ0n) is 11.5. The molecular weight excluding hydrogens is 272 g/mol. The lowest BCUT2D eigenvalue weighted by atomic mass is 9.73. The van der Waals surface area contributed by atoms with Crippen LogP contribution in [-0.2, 0) is 10.2 Å². The minimum absolute atomic E-state index is 0.406. The van der Waals surface area contributed by atoms with Gasteiger partial charge in [0.2, 0.25) is 5.91 Å². The van der Waals surface area contributed by atoms with Crippen LogP contribution in [0.1, 0.15) is 18.1 Å². The van der Waals surface area contributed by atoms with Gasteiger partial charge in [0.25, 0.3) is 0 Å². The van der Waals surface area contributed by atoms with Gasteiger partial charge in [-0.15, -0.1) is 0 Å². The van der Waals surface area contributed by atoms with Crippen molar-refractivity contribution in [2.24, 2.45) is 5.73 Å². The molecule has 0 atom stereocenters. The highest BCUT2D eigenvalue weighted by atomic mass is 19.1. The van der Waals surface area contributed by atoms with Crippen molar-refractivity contribution in [3.63, 3.8) is 0 Å². The van der Waals surface area contributed by atoms with Crippen LogP contribution in [0.4, 0.5) is 8.78 Å². The van der Waals surface area contributed by atoms with Crippen LogP contribution in [0.15, 0.2) is 60.7 Å². The monoisotopic (exact) mass is 287 g/mol. The lowest BCUT2D eigenvalue weighted by Gasteiger charge is -2.28. The van der Waals surface area contributed by atoms with E-state index < -0.39 is 23.0 Å². The first kappa shape index (κ1) is 14.9. The summed E-state index contributed by atoms with van der Waals surface area (Å²) in [6, 6.07) is 11.1. The summed E-state index contributed by atoms with van der Waals surface area (Å²) in [4.78, 5) is 12.2. The second-order valence-electron chi connectivity index (χ2n) is 4.69. The Bertz CT molecular complexity index is 615. The molecule has 0 fully saturated rings. The van der Waals surface area contributed by atoms with E-state index in [1.807, 2.05) is 0 Å². The maximum Gasteiger partial charge on any atom is 0.236 e. The van der Waals surface area contributed by atoms with E-state index in [2.05, 4.69) is 0 Å². The van der Waals surface area contributed by atoms with Crippen LogP contribution in [-0.4, -0.2) is 5.91 Å². The molecule has 0 aliphatic heterocycles. The van der Waals surface area contributed by atoms with Crippen molar-refractivity contribution < 1.29 is 13.6 Å². The van der Waals surface area contributed by atoms with Gasteiger partial charge in [0.05, 0.1) is 0 Å². The summed E-state index contributed by atoms with van der Waals surface area (Å²) in [5.74, 6) is -1.42. The molecule has 2 N–H and O–H groups in total. The zero-order chi connectivity index (χ0) is 15.5. The van der Waals surface area contributed by atoms with Gasteiger partial charge in [0.1, 0.15) is 17.0 Å².